The second-order valence-electron chi connectivity index (χ2n) is 2.74. The van der Waals surface area contributed by atoms with E-state index in [0.29, 0.717) is 5.57 Å². The van der Waals surface area contributed by atoms with Crippen molar-refractivity contribution in [2.75, 3.05) is 6.61 Å². The number of esters is 1. The third-order valence-corrected chi connectivity index (χ3v) is 1.36. The monoisotopic (exact) mass is 188 g/mol. The van der Waals surface area contributed by atoms with Gasteiger partial charge in [-0.1, -0.05) is 6.58 Å². The van der Waals surface area contributed by atoms with Crippen molar-refractivity contribution in [1.82, 2.24) is 0 Å². The molecular weight excluding hydrogens is 174 g/mol. The summed E-state index contributed by atoms with van der Waals surface area (Å²) in [6.07, 6.45) is 0. The molecule has 0 radical (unpaired) electrons. The second-order valence-corrected chi connectivity index (χ2v) is 2.74. The average Bonchev–Trinajstić information content (AvgIpc) is 2.11. The van der Waals surface area contributed by atoms with Gasteiger partial charge in [0.05, 0.1) is 5.92 Å². The van der Waals surface area contributed by atoms with E-state index in [2.05, 4.69) is 17.3 Å². The predicted molar refractivity (Wildman–Crippen MR) is 43.9 cm³/mol. The molecule has 1 unspecified atom stereocenters. The first-order chi connectivity index (χ1) is 5.99. The number of hydrogen-bond acceptors (Lipinski definition) is 4. The number of carbonyl (C=O) groups excluding carboxylic acids is 2. The van der Waals surface area contributed by atoms with Crippen molar-refractivity contribution in [2.45, 2.75) is 13.8 Å². The lowest BCUT2D eigenvalue weighted by Gasteiger charge is -2.07. The molecule has 0 aliphatic carbocycles. The Morgan fingerprint density at radius 2 is 2.08 bits per heavy atom. The molecule has 0 heterocycles. The molecule has 0 aromatic heterocycles. The van der Waals surface area contributed by atoms with E-state index in [1.807, 2.05) is 0 Å². The molecule has 5 heteroatoms. The van der Waals surface area contributed by atoms with Gasteiger partial charge in [0.1, 0.15) is 6.61 Å². The molecule has 0 saturated carbocycles. The molecule has 13 heavy (non-hydrogen) atoms. The molecule has 0 saturated heterocycles. The predicted octanol–water partition coefficient (Wildman–Crippen LogP) is -0.558. The minimum absolute atomic E-state index is 0.0138. The van der Waals surface area contributed by atoms with Gasteiger partial charge in [0.2, 0.25) is 0 Å². The Labute approximate surface area is 76.4 Å². The van der Waals surface area contributed by atoms with E-state index in [4.69, 9.17) is 4.74 Å². The fourth-order valence-corrected chi connectivity index (χ4v) is 0.534. The quantitative estimate of drug-likeness (QED) is 0.364. The summed E-state index contributed by atoms with van der Waals surface area (Å²) in [7, 11) is 0. The van der Waals surface area contributed by atoms with E-state index in [-0.39, 0.29) is 6.61 Å². The highest BCUT2D eigenvalue weighted by Crippen LogP contribution is 2.00. The van der Waals surface area contributed by atoms with Crippen molar-refractivity contribution >= 4 is 11.9 Å². The molecule has 0 rings (SSSR count). The van der Waals surface area contributed by atoms with Crippen molar-refractivity contribution in [2.24, 2.45) is 5.92 Å². The van der Waals surface area contributed by atoms with Gasteiger partial charge in [-0.3, -0.25) is 4.84 Å². The van der Waals surface area contributed by atoms with Crippen LogP contribution >= 0.6 is 0 Å². The molecule has 0 spiro atoms. The number of quaternary nitrogens is 1. The number of hydrogen-bond donors (Lipinski definition) is 1. The van der Waals surface area contributed by atoms with Crippen LogP contribution in [0.1, 0.15) is 13.8 Å². The van der Waals surface area contributed by atoms with Crippen molar-refractivity contribution in [3.8, 4) is 0 Å². The summed E-state index contributed by atoms with van der Waals surface area (Å²) in [6.45, 7) is 6.50. The molecule has 74 valence electrons. The van der Waals surface area contributed by atoms with Gasteiger partial charge in [-0.05, 0) is 13.8 Å². The molecule has 0 aromatic rings. The lowest BCUT2D eigenvalue weighted by atomic mass is 10.2. The number of carbonyl (C=O) groups is 2. The maximum Gasteiger partial charge on any atom is 0.372 e. The highest BCUT2D eigenvalue weighted by molar-refractivity contribution is 5.87. The number of rotatable bonds is 4. The highest BCUT2D eigenvalue weighted by atomic mass is 16.7. The SMILES string of the molecule is C=C(C)C(=O)OCC(C)C(=O)O[NH3+]. The van der Waals surface area contributed by atoms with Crippen LogP contribution in [0.2, 0.25) is 0 Å². The fourth-order valence-electron chi connectivity index (χ4n) is 0.534. The molecule has 0 amide bonds. The van der Waals surface area contributed by atoms with E-state index in [0.717, 1.165) is 0 Å². The molecule has 1 atom stereocenters. The lowest BCUT2D eigenvalue weighted by molar-refractivity contribution is -0.658. The van der Waals surface area contributed by atoms with Gasteiger partial charge >= 0.3 is 11.9 Å². The zero-order valence-corrected chi connectivity index (χ0v) is 7.83. The Morgan fingerprint density at radius 1 is 1.54 bits per heavy atom. The summed E-state index contributed by atoms with van der Waals surface area (Å²) in [6, 6.07) is 0. The van der Waals surface area contributed by atoms with Gasteiger partial charge < -0.3 is 4.74 Å². The molecule has 0 aliphatic heterocycles. The third-order valence-electron chi connectivity index (χ3n) is 1.36. The van der Waals surface area contributed by atoms with E-state index >= 15 is 0 Å². The third kappa shape index (κ3) is 4.27. The van der Waals surface area contributed by atoms with Crippen LogP contribution in [0.4, 0.5) is 0 Å². The van der Waals surface area contributed by atoms with Gasteiger partial charge in [-0.25, -0.2) is 9.59 Å². The Balaban J connectivity index is 3.83. The van der Waals surface area contributed by atoms with Crippen LogP contribution in [0.3, 0.4) is 0 Å². The molecule has 0 bridgehead atoms. The van der Waals surface area contributed by atoms with Crippen LogP contribution < -0.4 is 5.90 Å². The highest BCUT2D eigenvalue weighted by Gasteiger charge is 2.17. The minimum Gasteiger partial charge on any atom is -0.461 e. The zero-order chi connectivity index (χ0) is 10.4. The summed E-state index contributed by atoms with van der Waals surface area (Å²) in [5.41, 5.74) is 0.301. The summed E-state index contributed by atoms with van der Waals surface area (Å²) >= 11 is 0. The van der Waals surface area contributed by atoms with Gasteiger partial charge in [0.15, 0.2) is 0 Å². The Hall–Kier alpha value is -1.36. The van der Waals surface area contributed by atoms with Gasteiger partial charge in [-0.15, -0.1) is 0 Å². The first-order valence-corrected chi connectivity index (χ1v) is 3.77. The van der Waals surface area contributed by atoms with Gasteiger partial charge in [0.25, 0.3) is 0 Å². The molecular formula is C8H14NO4+. The molecule has 0 aliphatic rings. The smallest absolute Gasteiger partial charge is 0.372 e. The van der Waals surface area contributed by atoms with Crippen molar-refractivity contribution in [3.63, 3.8) is 0 Å². The zero-order valence-electron chi connectivity index (χ0n) is 7.83. The topological polar surface area (TPSA) is 80.2 Å². The first-order valence-electron chi connectivity index (χ1n) is 3.77. The van der Waals surface area contributed by atoms with Crippen LogP contribution in [0.5, 0.6) is 0 Å². The molecule has 5 nitrogen and oxygen atoms in total. The van der Waals surface area contributed by atoms with Crippen LogP contribution in [0.15, 0.2) is 12.2 Å². The Bertz CT molecular complexity index is 224. The summed E-state index contributed by atoms with van der Waals surface area (Å²) < 4.78 is 4.72. The summed E-state index contributed by atoms with van der Waals surface area (Å²) in [5, 5.41) is 0. The lowest BCUT2D eigenvalue weighted by Crippen LogP contribution is -2.52. The molecule has 0 fully saturated rings. The van der Waals surface area contributed by atoms with E-state index in [1.54, 1.807) is 6.92 Å². The van der Waals surface area contributed by atoms with Crippen molar-refractivity contribution < 1.29 is 25.1 Å². The summed E-state index contributed by atoms with van der Waals surface area (Å²) in [4.78, 5) is 25.9. The maximum absolute atomic E-state index is 10.9. The largest absolute Gasteiger partial charge is 0.461 e. The van der Waals surface area contributed by atoms with Crippen molar-refractivity contribution in [3.05, 3.63) is 12.2 Å². The summed E-state index contributed by atoms with van der Waals surface area (Å²) in [5.74, 6) is 1.45. The normalized spacial score (nSPS) is 11.6. The minimum atomic E-state index is -0.510. The van der Waals surface area contributed by atoms with Gasteiger partial charge in [0, 0.05) is 5.57 Å². The van der Waals surface area contributed by atoms with Gasteiger partial charge in [-0.2, -0.15) is 5.90 Å². The Kier molecular flexibility index (Phi) is 4.76. The van der Waals surface area contributed by atoms with E-state index < -0.39 is 17.9 Å². The second kappa shape index (κ2) is 5.31. The van der Waals surface area contributed by atoms with E-state index in [9.17, 15) is 9.59 Å². The number of ether oxygens (including phenoxy) is 1. The molecule has 3 N–H and O–H groups in total. The van der Waals surface area contributed by atoms with Crippen molar-refractivity contribution in [1.29, 1.82) is 0 Å². The van der Waals surface area contributed by atoms with Crippen LogP contribution in [0, 0.1) is 5.92 Å². The van der Waals surface area contributed by atoms with E-state index in [1.165, 1.54) is 6.92 Å². The maximum atomic E-state index is 10.9. The van der Waals surface area contributed by atoms with Crippen LogP contribution in [-0.4, -0.2) is 18.5 Å². The fraction of sp³-hybridized carbons (Fsp3) is 0.500. The standard InChI is InChI=1S/C8H14NO4/c1-5(2)7(10)12-4-6(3)8(11)13-9/h6H,1,4H2,2-3,9H3/q+1. The van der Waals surface area contributed by atoms with Crippen LogP contribution in [-0.2, 0) is 19.2 Å². The average molecular weight is 188 g/mol. The van der Waals surface area contributed by atoms with Crippen LogP contribution in [0.25, 0.3) is 0 Å². The molecule has 0 aromatic carbocycles. The Morgan fingerprint density at radius 3 is 2.46 bits per heavy atom. The first kappa shape index (κ1) is 11.6.